The molecule has 1 saturated heterocycles. The second kappa shape index (κ2) is 12.1. The fourth-order valence-electron chi connectivity index (χ4n) is 4.89. The molecular weight excluding hydrogens is 398 g/mol. The van der Waals surface area contributed by atoms with Gasteiger partial charge in [0, 0.05) is 24.9 Å². The summed E-state index contributed by atoms with van der Waals surface area (Å²) in [6.45, 7) is 9.08. The van der Waals surface area contributed by atoms with Gasteiger partial charge in [-0.05, 0) is 74.0 Å². The molecule has 1 aliphatic rings. The van der Waals surface area contributed by atoms with Crippen molar-refractivity contribution in [2.75, 3.05) is 20.3 Å². The Morgan fingerprint density at radius 3 is 2.53 bits per heavy atom. The molecule has 0 aliphatic carbocycles. The molecule has 0 aromatic heterocycles. The Kier molecular flexibility index (Phi) is 9.16. The lowest BCUT2D eigenvalue weighted by Crippen LogP contribution is -2.49. The molecule has 2 aromatic carbocycles. The number of methoxy groups -OCH3 is 1. The first kappa shape index (κ1) is 24.3. The summed E-state index contributed by atoms with van der Waals surface area (Å²) in [6.07, 6.45) is 4.71. The average Bonchev–Trinajstić information content (AvgIpc) is 2.81. The Balaban J connectivity index is 1.79. The molecule has 3 rings (SSSR count). The summed E-state index contributed by atoms with van der Waals surface area (Å²) in [5.41, 5.74) is 2.49. The van der Waals surface area contributed by atoms with Gasteiger partial charge in [0.2, 0.25) is 0 Å². The standard InChI is InChI=1S/C28H39NO3/c1-5-7-18-32-25-11-8-10-23(19-25)26-16-17-29(21(3)28(26)27(30)9-6-2)20-22-12-14-24(31-4)15-13-22/h8,10-15,19,21,26,28H,5-7,9,16-18,20H2,1-4H3/t21-,26+,28+/m0/s1. The van der Waals surface area contributed by atoms with Crippen LogP contribution in [0.2, 0.25) is 0 Å². The van der Waals surface area contributed by atoms with E-state index in [1.165, 1.54) is 11.1 Å². The van der Waals surface area contributed by atoms with Gasteiger partial charge in [-0.2, -0.15) is 0 Å². The van der Waals surface area contributed by atoms with Crippen LogP contribution in [0.4, 0.5) is 0 Å². The smallest absolute Gasteiger partial charge is 0.138 e. The first-order valence-corrected chi connectivity index (χ1v) is 12.2. The highest BCUT2D eigenvalue weighted by atomic mass is 16.5. The number of carbonyl (C=O) groups is 1. The highest BCUT2D eigenvalue weighted by Crippen LogP contribution is 2.40. The molecule has 0 N–H and O–H groups in total. The minimum absolute atomic E-state index is 0.00726. The molecule has 32 heavy (non-hydrogen) atoms. The molecule has 1 fully saturated rings. The second-order valence-corrected chi connectivity index (χ2v) is 8.97. The zero-order valence-corrected chi connectivity index (χ0v) is 20.2. The van der Waals surface area contributed by atoms with Crippen molar-refractivity contribution < 1.29 is 14.3 Å². The Bertz CT molecular complexity index is 848. The van der Waals surface area contributed by atoms with Crippen LogP contribution in [-0.2, 0) is 11.3 Å². The summed E-state index contributed by atoms with van der Waals surface area (Å²) in [4.78, 5) is 15.8. The molecule has 0 spiro atoms. The Labute approximate surface area is 193 Å². The van der Waals surface area contributed by atoms with Crippen molar-refractivity contribution in [2.45, 2.75) is 71.4 Å². The van der Waals surface area contributed by atoms with Crippen LogP contribution < -0.4 is 9.47 Å². The summed E-state index contributed by atoms with van der Waals surface area (Å²) in [5, 5.41) is 0. The summed E-state index contributed by atoms with van der Waals surface area (Å²) in [7, 11) is 1.69. The third-order valence-electron chi connectivity index (χ3n) is 6.72. The van der Waals surface area contributed by atoms with Crippen molar-refractivity contribution in [3.05, 3.63) is 59.7 Å². The number of likely N-dealkylation sites (tertiary alicyclic amines) is 1. The molecule has 0 saturated carbocycles. The normalized spacial score (nSPS) is 21.3. The van der Waals surface area contributed by atoms with E-state index < -0.39 is 0 Å². The largest absolute Gasteiger partial charge is 0.497 e. The van der Waals surface area contributed by atoms with Gasteiger partial charge >= 0.3 is 0 Å². The van der Waals surface area contributed by atoms with E-state index in [0.29, 0.717) is 12.2 Å². The van der Waals surface area contributed by atoms with Crippen molar-refractivity contribution in [1.82, 2.24) is 4.90 Å². The quantitative estimate of drug-likeness (QED) is 0.390. The number of Topliss-reactive ketones (excluding diaryl/α,β-unsaturated/α-hetero) is 1. The molecule has 2 aromatic rings. The van der Waals surface area contributed by atoms with Gasteiger partial charge < -0.3 is 9.47 Å². The summed E-state index contributed by atoms with van der Waals surface area (Å²) >= 11 is 0. The number of unbranched alkanes of at least 4 members (excludes halogenated alkanes) is 1. The lowest BCUT2D eigenvalue weighted by molar-refractivity contribution is -0.127. The van der Waals surface area contributed by atoms with E-state index in [4.69, 9.17) is 9.47 Å². The number of carbonyl (C=O) groups excluding carboxylic acids is 1. The zero-order chi connectivity index (χ0) is 22.9. The van der Waals surface area contributed by atoms with Gasteiger partial charge in [0.15, 0.2) is 0 Å². The van der Waals surface area contributed by atoms with Gasteiger partial charge in [0.25, 0.3) is 0 Å². The van der Waals surface area contributed by atoms with Crippen molar-refractivity contribution in [1.29, 1.82) is 0 Å². The van der Waals surface area contributed by atoms with Crippen molar-refractivity contribution >= 4 is 5.78 Å². The summed E-state index contributed by atoms with van der Waals surface area (Å²) in [6, 6.07) is 16.9. The number of ketones is 1. The third-order valence-corrected chi connectivity index (χ3v) is 6.72. The zero-order valence-electron chi connectivity index (χ0n) is 20.2. The first-order valence-electron chi connectivity index (χ1n) is 12.2. The van der Waals surface area contributed by atoms with Crippen LogP contribution in [-0.4, -0.2) is 37.0 Å². The number of nitrogens with zero attached hydrogens (tertiary/aromatic N) is 1. The average molecular weight is 438 g/mol. The molecule has 174 valence electrons. The maximum Gasteiger partial charge on any atom is 0.138 e. The summed E-state index contributed by atoms with van der Waals surface area (Å²) in [5.74, 6) is 2.43. The molecule has 3 atom stereocenters. The second-order valence-electron chi connectivity index (χ2n) is 8.97. The molecule has 0 bridgehead atoms. The van der Waals surface area contributed by atoms with Gasteiger partial charge in [0.1, 0.15) is 17.3 Å². The van der Waals surface area contributed by atoms with Crippen LogP contribution >= 0.6 is 0 Å². The third kappa shape index (κ3) is 6.13. The van der Waals surface area contributed by atoms with Crippen molar-refractivity contribution in [3.8, 4) is 11.5 Å². The van der Waals surface area contributed by atoms with E-state index in [1.807, 2.05) is 18.2 Å². The number of hydrogen-bond acceptors (Lipinski definition) is 4. The maximum atomic E-state index is 13.3. The van der Waals surface area contributed by atoms with Crippen molar-refractivity contribution in [3.63, 3.8) is 0 Å². The van der Waals surface area contributed by atoms with Crippen LogP contribution in [0.5, 0.6) is 11.5 Å². The van der Waals surface area contributed by atoms with E-state index >= 15 is 0 Å². The topological polar surface area (TPSA) is 38.8 Å². The van der Waals surface area contributed by atoms with Gasteiger partial charge in [0.05, 0.1) is 13.7 Å². The molecule has 0 radical (unpaired) electrons. The number of piperidine rings is 1. The Hall–Kier alpha value is -2.33. The molecule has 1 aliphatic heterocycles. The number of hydrogen-bond donors (Lipinski definition) is 0. The highest BCUT2D eigenvalue weighted by molar-refractivity contribution is 5.83. The molecule has 4 nitrogen and oxygen atoms in total. The number of ether oxygens (including phenoxy) is 2. The van der Waals surface area contributed by atoms with Gasteiger partial charge in [-0.3, -0.25) is 9.69 Å². The maximum absolute atomic E-state index is 13.3. The SMILES string of the molecule is CCCCOc1cccc([C@H]2CCN(Cc3ccc(OC)cc3)[C@@H](C)[C@H]2C(=O)CCC)c1. The minimum Gasteiger partial charge on any atom is -0.497 e. The fourth-order valence-corrected chi connectivity index (χ4v) is 4.89. The fraction of sp³-hybridized carbons (Fsp3) is 0.536. The van der Waals surface area contributed by atoms with E-state index in [1.54, 1.807) is 7.11 Å². The molecule has 0 unspecified atom stereocenters. The lowest BCUT2D eigenvalue weighted by Gasteiger charge is -2.44. The van der Waals surface area contributed by atoms with Crippen LogP contribution in [0.1, 0.15) is 69.9 Å². The predicted octanol–water partition coefficient (Wildman–Crippen LogP) is 6.24. The Morgan fingerprint density at radius 1 is 1.06 bits per heavy atom. The molecule has 4 heteroatoms. The number of benzene rings is 2. The first-order chi connectivity index (χ1) is 15.6. The van der Waals surface area contributed by atoms with E-state index in [-0.39, 0.29) is 17.9 Å². The van der Waals surface area contributed by atoms with E-state index in [2.05, 4.69) is 56.0 Å². The minimum atomic E-state index is 0.00726. The molecule has 1 heterocycles. The highest BCUT2D eigenvalue weighted by Gasteiger charge is 2.40. The Morgan fingerprint density at radius 2 is 1.84 bits per heavy atom. The van der Waals surface area contributed by atoms with Crippen molar-refractivity contribution in [2.24, 2.45) is 5.92 Å². The van der Waals surface area contributed by atoms with Gasteiger partial charge in [-0.15, -0.1) is 0 Å². The number of rotatable bonds is 11. The van der Waals surface area contributed by atoms with Crippen LogP contribution in [0.15, 0.2) is 48.5 Å². The monoisotopic (exact) mass is 437 g/mol. The molecular formula is C28H39NO3. The lowest BCUT2D eigenvalue weighted by atomic mass is 9.73. The van der Waals surface area contributed by atoms with Gasteiger partial charge in [-0.25, -0.2) is 0 Å². The summed E-state index contributed by atoms with van der Waals surface area (Å²) < 4.78 is 11.3. The van der Waals surface area contributed by atoms with Gasteiger partial charge in [-0.1, -0.05) is 44.5 Å². The molecule has 0 amide bonds. The van der Waals surface area contributed by atoms with Crippen LogP contribution in [0.25, 0.3) is 0 Å². The van der Waals surface area contributed by atoms with E-state index in [0.717, 1.165) is 56.9 Å². The van der Waals surface area contributed by atoms with Crippen LogP contribution in [0.3, 0.4) is 0 Å². The predicted molar refractivity (Wildman–Crippen MR) is 130 cm³/mol. The van der Waals surface area contributed by atoms with Crippen LogP contribution in [0, 0.1) is 5.92 Å². The van der Waals surface area contributed by atoms with E-state index in [9.17, 15) is 4.79 Å².